The van der Waals surface area contributed by atoms with E-state index in [0.717, 1.165) is 17.8 Å². The first-order valence-corrected chi connectivity index (χ1v) is 4.74. The molecule has 1 amide bonds. The molecule has 3 heteroatoms. The van der Waals surface area contributed by atoms with Gasteiger partial charge in [-0.15, -0.1) is 0 Å². The molecule has 0 saturated heterocycles. The summed E-state index contributed by atoms with van der Waals surface area (Å²) in [5.41, 5.74) is 1.54. The number of para-hydroxylation sites is 1. The zero-order valence-electron chi connectivity index (χ0n) is 8.42. The van der Waals surface area contributed by atoms with E-state index >= 15 is 0 Å². The number of rotatable bonds is 0. The van der Waals surface area contributed by atoms with Gasteiger partial charge in [-0.3, -0.25) is 10.1 Å². The molecule has 0 spiro atoms. The van der Waals surface area contributed by atoms with Crippen LogP contribution in [0.5, 0.6) is 0 Å². The van der Waals surface area contributed by atoms with Gasteiger partial charge in [0.1, 0.15) is 0 Å². The number of fused-ring (bicyclic) bond motifs is 1. The molecule has 1 heterocycles. The molecule has 0 atom stereocenters. The first kappa shape index (κ1) is 9.21. The van der Waals surface area contributed by atoms with Crippen LogP contribution in [0.15, 0.2) is 24.3 Å². The van der Waals surface area contributed by atoms with Gasteiger partial charge in [0.15, 0.2) is 0 Å². The minimum atomic E-state index is -0.501. The molecule has 0 radical (unpaired) electrons. The van der Waals surface area contributed by atoms with Crippen LogP contribution < -0.4 is 10.6 Å². The van der Waals surface area contributed by atoms with E-state index in [4.69, 9.17) is 0 Å². The van der Waals surface area contributed by atoms with Crippen molar-refractivity contribution < 1.29 is 4.79 Å². The third-order valence-electron chi connectivity index (χ3n) is 2.55. The van der Waals surface area contributed by atoms with Crippen LogP contribution in [0.4, 0.5) is 5.69 Å². The van der Waals surface area contributed by atoms with Gasteiger partial charge < -0.3 is 5.32 Å². The van der Waals surface area contributed by atoms with E-state index in [2.05, 4.69) is 10.6 Å². The summed E-state index contributed by atoms with van der Waals surface area (Å²) in [5, 5.41) is 6.13. The molecule has 1 aliphatic heterocycles. The topological polar surface area (TPSA) is 41.1 Å². The number of hydrogen-bond acceptors (Lipinski definition) is 2. The van der Waals surface area contributed by atoms with Crippen LogP contribution in [-0.2, 0) is 11.3 Å². The highest BCUT2D eigenvalue weighted by Crippen LogP contribution is 2.20. The molecule has 0 fully saturated rings. The normalized spacial score (nSPS) is 19.4. The van der Waals surface area contributed by atoms with Gasteiger partial charge in [0.05, 0.1) is 5.54 Å². The van der Waals surface area contributed by atoms with Gasteiger partial charge in [-0.05, 0) is 25.5 Å². The average molecular weight is 190 g/mol. The fraction of sp³-hybridized carbons (Fsp3) is 0.364. The summed E-state index contributed by atoms with van der Waals surface area (Å²) in [6.45, 7) is 4.49. The molecule has 0 aliphatic carbocycles. The monoisotopic (exact) mass is 190 g/mol. The minimum absolute atomic E-state index is 0.0162. The average Bonchev–Trinajstić information content (AvgIpc) is 2.26. The van der Waals surface area contributed by atoms with Crippen molar-refractivity contribution in [2.24, 2.45) is 0 Å². The largest absolute Gasteiger partial charge is 0.324 e. The van der Waals surface area contributed by atoms with Gasteiger partial charge in [0.2, 0.25) is 5.91 Å². The van der Waals surface area contributed by atoms with E-state index in [9.17, 15) is 4.79 Å². The van der Waals surface area contributed by atoms with Crippen LogP contribution in [0.1, 0.15) is 19.4 Å². The summed E-state index contributed by atoms with van der Waals surface area (Å²) in [7, 11) is 0. The molecule has 1 aromatic rings. The molecule has 0 saturated carbocycles. The molecule has 14 heavy (non-hydrogen) atoms. The SMILES string of the molecule is CC1(C)NCc2ccccc2NC1=O. The Balaban J connectivity index is 2.38. The summed E-state index contributed by atoms with van der Waals surface area (Å²) < 4.78 is 0. The van der Waals surface area contributed by atoms with E-state index in [1.54, 1.807) is 0 Å². The zero-order valence-corrected chi connectivity index (χ0v) is 8.42. The molecule has 2 N–H and O–H groups in total. The summed E-state index contributed by atoms with van der Waals surface area (Å²) >= 11 is 0. The van der Waals surface area contributed by atoms with Gasteiger partial charge in [-0.2, -0.15) is 0 Å². The summed E-state index contributed by atoms with van der Waals surface area (Å²) in [4.78, 5) is 11.7. The van der Waals surface area contributed by atoms with Crippen molar-refractivity contribution in [1.29, 1.82) is 0 Å². The van der Waals surface area contributed by atoms with Crippen LogP contribution in [0.25, 0.3) is 0 Å². The molecule has 2 rings (SSSR count). The maximum absolute atomic E-state index is 11.7. The Hall–Kier alpha value is -1.35. The fourth-order valence-electron chi connectivity index (χ4n) is 1.47. The first-order valence-electron chi connectivity index (χ1n) is 4.74. The lowest BCUT2D eigenvalue weighted by Crippen LogP contribution is -2.47. The second-order valence-electron chi connectivity index (χ2n) is 4.09. The molecule has 0 aromatic heterocycles. The van der Waals surface area contributed by atoms with Gasteiger partial charge >= 0.3 is 0 Å². The number of amides is 1. The maximum atomic E-state index is 11.7. The second kappa shape index (κ2) is 3.10. The number of benzene rings is 1. The molecule has 1 aliphatic rings. The smallest absolute Gasteiger partial charge is 0.244 e. The van der Waals surface area contributed by atoms with Gasteiger partial charge in [-0.25, -0.2) is 0 Å². The molecular formula is C11H14N2O. The highest BCUT2D eigenvalue weighted by atomic mass is 16.2. The van der Waals surface area contributed by atoms with Crippen molar-refractivity contribution in [2.45, 2.75) is 25.9 Å². The number of carbonyl (C=O) groups is 1. The van der Waals surface area contributed by atoms with E-state index in [0.29, 0.717) is 0 Å². The summed E-state index contributed by atoms with van der Waals surface area (Å²) in [6.07, 6.45) is 0. The standard InChI is InChI=1S/C11H14N2O/c1-11(2)10(14)13-9-6-4-3-5-8(9)7-12-11/h3-6,12H,7H2,1-2H3,(H,13,14). The molecule has 0 bridgehead atoms. The Morgan fingerprint density at radius 1 is 1.29 bits per heavy atom. The van der Waals surface area contributed by atoms with Crippen LogP contribution in [0.2, 0.25) is 0 Å². The number of nitrogens with one attached hydrogen (secondary N) is 2. The van der Waals surface area contributed by atoms with Crippen molar-refractivity contribution in [3.8, 4) is 0 Å². The Morgan fingerprint density at radius 3 is 2.79 bits per heavy atom. The lowest BCUT2D eigenvalue weighted by Gasteiger charge is -2.21. The highest BCUT2D eigenvalue weighted by Gasteiger charge is 2.29. The van der Waals surface area contributed by atoms with Crippen molar-refractivity contribution in [2.75, 3.05) is 5.32 Å². The quantitative estimate of drug-likeness (QED) is 0.651. The number of carbonyl (C=O) groups excluding carboxylic acids is 1. The van der Waals surface area contributed by atoms with E-state index in [-0.39, 0.29) is 5.91 Å². The Morgan fingerprint density at radius 2 is 2.00 bits per heavy atom. The third kappa shape index (κ3) is 1.51. The third-order valence-corrected chi connectivity index (χ3v) is 2.55. The van der Waals surface area contributed by atoms with Gasteiger partial charge in [0.25, 0.3) is 0 Å². The molecule has 3 nitrogen and oxygen atoms in total. The van der Waals surface area contributed by atoms with E-state index in [1.165, 1.54) is 0 Å². The van der Waals surface area contributed by atoms with Crippen molar-refractivity contribution in [1.82, 2.24) is 5.32 Å². The van der Waals surface area contributed by atoms with Crippen LogP contribution >= 0.6 is 0 Å². The molecule has 74 valence electrons. The summed E-state index contributed by atoms with van der Waals surface area (Å²) in [5.74, 6) is 0.0162. The predicted octanol–water partition coefficient (Wildman–Crippen LogP) is 1.51. The van der Waals surface area contributed by atoms with Crippen LogP contribution in [0.3, 0.4) is 0 Å². The minimum Gasteiger partial charge on any atom is -0.324 e. The molecule has 0 unspecified atom stereocenters. The van der Waals surface area contributed by atoms with E-state index < -0.39 is 5.54 Å². The van der Waals surface area contributed by atoms with Crippen LogP contribution in [0, 0.1) is 0 Å². The lowest BCUT2D eigenvalue weighted by molar-refractivity contribution is -0.121. The Labute approximate surface area is 83.5 Å². The van der Waals surface area contributed by atoms with Crippen molar-refractivity contribution >= 4 is 11.6 Å². The number of hydrogen-bond donors (Lipinski definition) is 2. The Kier molecular flexibility index (Phi) is 2.04. The first-order chi connectivity index (χ1) is 6.59. The Bertz CT molecular complexity index is 371. The zero-order chi connectivity index (χ0) is 10.2. The predicted molar refractivity (Wildman–Crippen MR) is 56.0 cm³/mol. The van der Waals surface area contributed by atoms with Crippen LogP contribution in [-0.4, -0.2) is 11.4 Å². The highest BCUT2D eigenvalue weighted by molar-refractivity contribution is 5.98. The molecule has 1 aromatic carbocycles. The van der Waals surface area contributed by atoms with Crippen molar-refractivity contribution in [3.05, 3.63) is 29.8 Å². The number of anilines is 1. The van der Waals surface area contributed by atoms with Gasteiger partial charge in [0, 0.05) is 12.2 Å². The lowest BCUT2D eigenvalue weighted by atomic mass is 10.1. The van der Waals surface area contributed by atoms with E-state index in [1.807, 2.05) is 38.1 Å². The maximum Gasteiger partial charge on any atom is 0.244 e. The fourth-order valence-corrected chi connectivity index (χ4v) is 1.47. The van der Waals surface area contributed by atoms with Crippen molar-refractivity contribution in [3.63, 3.8) is 0 Å². The molecular weight excluding hydrogens is 176 g/mol. The second-order valence-corrected chi connectivity index (χ2v) is 4.09. The van der Waals surface area contributed by atoms with Gasteiger partial charge in [-0.1, -0.05) is 18.2 Å². The summed E-state index contributed by atoms with van der Waals surface area (Å²) in [6, 6.07) is 7.85.